The minimum Gasteiger partial charge on any atom is -0.455 e. The second kappa shape index (κ2) is 6.06. The van der Waals surface area contributed by atoms with Crippen molar-refractivity contribution in [3.63, 3.8) is 0 Å². The van der Waals surface area contributed by atoms with Crippen molar-refractivity contribution in [2.45, 2.75) is 76.6 Å². The highest BCUT2D eigenvalue weighted by Gasteiger charge is 2.65. The van der Waals surface area contributed by atoms with Crippen molar-refractivity contribution in [1.29, 1.82) is 0 Å². The van der Waals surface area contributed by atoms with E-state index in [1.54, 1.807) is 0 Å². The number of cyclic esters (lactones) is 1. The van der Waals surface area contributed by atoms with Gasteiger partial charge in [0.2, 0.25) is 0 Å². The van der Waals surface area contributed by atoms with E-state index in [2.05, 4.69) is 26.0 Å². The van der Waals surface area contributed by atoms with E-state index >= 15 is 0 Å². The molecule has 0 aromatic heterocycles. The number of carbonyl (C=O) groups excluding carboxylic acids is 2. The second-order valence-electron chi connectivity index (χ2n) is 9.49. The van der Waals surface area contributed by atoms with Crippen molar-refractivity contribution in [1.82, 2.24) is 0 Å². The third-order valence-electron chi connectivity index (χ3n) is 7.45. The van der Waals surface area contributed by atoms with Gasteiger partial charge in [-0.25, -0.2) is 0 Å². The molecule has 3 aliphatic heterocycles. The lowest BCUT2D eigenvalue weighted by molar-refractivity contribution is -0.153. The van der Waals surface area contributed by atoms with Crippen molar-refractivity contribution >= 4 is 11.9 Å². The summed E-state index contributed by atoms with van der Waals surface area (Å²) in [5.74, 6) is 0.713. The van der Waals surface area contributed by atoms with Gasteiger partial charge in [0.15, 0.2) is 0 Å². The predicted octanol–water partition coefficient (Wildman–Crippen LogP) is 3.99. The molecule has 3 fully saturated rings. The fourth-order valence-electron chi connectivity index (χ4n) is 6.15. The molecule has 5 nitrogen and oxygen atoms in total. The maximum atomic E-state index is 12.3. The van der Waals surface area contributed by atoms with Crippen molar-refractivity contribution in [3.8, 4) is 0 Å². The molecule has 5 aliphatic rings. The molecule has 0 aromatic carbocycles. The van der Waals surface area contributed by atoms with E-state index in [-0.39, 0.29) is 41.4 Å². The molecule has 3 saturated heterocycles. The van der Waals surface area contributed by atoms with Crippen LogP contribution in [0.1, 0.15) is 59.3 Å². The Labute approximate surface area is 165 Å². The quantitative estimate of drug-likeness (QED) is 0.640. The zero-order chi connectivity index (χ0) is 19.7. The van der Waals surface area contributed by atoms with Gasteiger partial charge in [-0.3, -0.25) is 9.59 Å². The smallest absolute Gasteiger partial charge is 0.314 e. The van der Waals surface area contributed by atoms with Crippen LogP contribution in [0.3, 0.4) is 0 Å². The Morgan fingerprint density at radius 2 is 1.93 bits per heavy atom. The standard InChI is InChI=1S/C23H28O5/c1-13-15-7-5-8-16(15)17(26-21(13)25)10-14-6-4-9-18-22(2,3)27-19-11-20(24)28-23(18,19)12-14/h6,8,10,13,15,18-19H,4-5,7,9,11-12H2,1-3H3/b17-10+/t13-,15+,18-,19+,23+/m0/s1. The lowest BCUT2D eigenvalue weighted by atomic mass is 9.73. The Kier molecular flexibility index (Phi) is 3.93. The minimum atomic E-state index is -0.602. The van der Waals surface area contributed by atoms with Crippen LogP contribution in [0.15, 0.2) is 35.1 Å². The van der Waals surface area contributed by atoms with Crippen molar-refractivity contribution in [2.24, 2.45) is 17.8 Å². The Morgan fingerprint density at radius 1 is 1.14 bits per heavy atom. The summed E-state index contributed by atoms with van der Waals surface area (Å²) >= 11 is 0. The van der Waals surface area contributed by atoms with Crippen LogP contribution in [0.2, 0.25) is 0 Å². The van der Waals surface area contributed by atoms with Crippen LogP contribution in [-0.4, -0.2) is 29.2 Å². The lowest BCUT2D eigenvalue weighted by Gasteiger charge is -2.35. The van der Waals surface area contributed by atoms with Crippen LogP contribution < -0.4 is 0 Å². The fraction of sp³-hybridized carbons (Fsp3) is 0.652. The zero-order valence-electron chi connectivity index (χ0n) is 16.8. The third kappa shape index (κ3) is 2.55. The molecule has 5 heteroatoms. The Bertz CT molecular complexity index is 832. The number of carbonyl (C=O) groups is 2. The van der Waals surface area contributed by atoms with E-state index in [4.69, 9.17) is 14.2 Å². The highest BCUT2D eigenvalue weighted by Crippen LogP contribution is 2.56. The maximum Gasteiger partial charge on any atom is 0.314 e. The molecular weight excluding hydrogens is 356 g/mol. The normalized spacial score (nSPS) is 42.8. The first-order valence-electron chi connectivity index (χ1n) is 10.5. The lowest BCUT2D eigenvalue weighted by Crippen LogP contribution is -2.44. The molecular formula is C23H28O5. The predicted molar refractivity (Wildman–Crippen MR) is 102 cm³/mol. The monoisotopic (exact) mass is 384 g/mol. The number of allylic oxidation sites excluding steroid dienone is 4. The Hall–Kier alpha value is -1.88. The first-order chi connectivity index (χ1) is 13.3. The van der Waals surface area contributed by atoms with Crippen LogP contribution in [0, 0.1) is 17.8 Å². The first-order valence-corrected chi connectivity index (χ1v) is 10.5. The fourth-order valence-corrected chi connectivity index (χ4v) is 6.15. The maximum absolute atomic E-state index is 12.3. The Balaban J connectivity index is 1.49. The SMILES string of the molecule is C[C@@H]1C(=O)O/C(=C/C2=CCC[C@H]3C(C)(C)O[C@@H]4CC(=O)O[C@@]43C2)C2=CCC[C@@H]21. The highest BCUT2D eigenvalue weighted by molar-refractivity contribution is 5.77. The van der Waals surface area contributed by atoms with Crippen molar-refractivity contribution < 1.29 is 23.8 Å². The average Bonchev–Trinajstić information content (AvgIpc) is 3.21. The molecule has 0 aromatic rings. The molecule has 0 bridgehead atoms. The van der Waals surface area contributed by atoms with Crippen LogP contribution in [0.25, 0.3) is 0 Å². The van der Waals surface area contributed by atoms with Gasteiger partial charge in [-0.2, -0.15) is 0 Å². The number of fused-ring (bicyclic) bond motifs is 1. The molecule has 1 spiro atoms. The van der Waals surface area contributed by atoms with Gasteiger partial charge in [0.1, 0.15) is 17.5 Å². The molecule has 3 heterocycles. The van der Waals surface area contributed by atoms with Gasteiger partial charge in [-0.05, 0) is 56.8 Å². The van der Waals surface area contributed by atoms with Gasteiger partial charge in [0.05, 0.1) is 17.9 Å². The van der Waals surface area contributed by atoms with E-state index in [0.29, 0.717) is 18.6 Å². The summed E-state index contributed by atoms with van der Waals surface area (Å²) in [4.78, 5) is 24.5. The van der Waals surface area contributed by atoms with E-state index < -0.39 is 5.60 Å². The van der Waals surface area contributed by atoms with Crippen molar-refractivity contribution in [2.75, 3.05) is 0 Å². The summed E-state index contributed by atoms with van der Waals surface area (Å²) in [7, 11) is 0. The molecule has 150 valence electrons. The Morgan fingerprint density at radius 3 is 2.75 bits per heavy atom. The zero-order valence-corrected chi connectivity index (χ0v) is 16.8. The van der Waals surface area contributed by atoms with Crippen LogP contribution >= 0.6 is 0 Å². The van der Waals surface area contributed by atoms with Crippen LogP contribution in [-0.2, 0) is 23.8 Å². The third-order valence-corrected chi connectivity index (χ3v) is 7.45. The molecule has 0 unspecified atom stereocenters. The van der Waals surface area contributed by atoms with Crippen LogP contribution in [0.5, 0.6) is 0 Å². The van der Waals surface area contributed by atoms with Gasteiger partial charge >= 0.3 is 11.9 Å². The number of hydrogen-bond donors (Lipinski definition) is 0. The van der Waals surface area contributed by atoms with E-state index in [1.165, 1.54) is 0 Å². The van der Waals surface area contributed by atoms with Crippen molar-refractivity contribution in [3.05, 3.63) is 35.1 Å². The summed E-state index contributed by atoms with van der Waals surface area (Å²) in [6.07, 6.45) is 11.0. The van der Waals surface area contributed by atoms with Gasteiger partial charge < -0.3 is 14.2 Å². The van der Waals surface area contributed by atoms with E-state index in [9.17, 15) is 9.59 Å². The van der Waals surface area contributed by atoms with Gasteiger partial charge in [-0.15, -0.1) is 0 Å². The van der Waals surface area contributed by atoms with Gasteiger partial charge in [0, 0.05) is 18.3 Å². The highest BCUT2D eigenvalue weighted by atomic mass is 16.6. The molecule has 0 saturated carbocycles. The number of hydrogen-bond acceptors (Lipinski definition) is 5. The summed E-state index contributed by atoms with van der Waals surface area (Å²) in [6.45, 7) is 6.17. The summed E-state index contributed by atoms with van der Waals surface area (Å²) < 4.78 is 18.0. The molecule has 5 atom stereocenters. The number of ether oxygens (including phenoxy) is 3. The topological polar surface area (TPSA) is 61.8 Å². The summed E-state index contributed by atoms with van der Waals surface area (Å²) in [5, 5.41) is 0. The molecule has 2 aliphatic carbocycles. The molecule has 28 heavy (non-hydrogen) atoms. The minimum absolute atomic E-state index is 0.0822. The van der Waals surface area contributed by atoms with Crippen LogP contribution in [0.4, 0.5) is 0 Å². The van der Waals surface area contributed by atoms with Gasteiger partial charge in [-0.1, -0.05) is 19.1 Å². The van der Waals surface area contributed by atoms with Gasteiger partial charge in [0.25, 0.3) is 0 Å². The molecule has 5 rings (SSSR count). The molecule has 0 amide bonds. The number of esters is 2. The number of rotatable bonds is 1. The first kappa shape index (κ1) is 18.2. The largest absolute Gasteiger partial charge is 0.455 e. The van der Waals surface area contributed by atoms with E-state index in [1.807, 2.05) is 13.0 Å². The summed E-state index contributed by atoms with van der Waals surface area (Å²) in [6, 6.07) is 0. The molecule has 0 N–H and O–H groups in total. The summed E-state index contributed by atoms with van der Waals surface area (Å²) in [5.41, 5.74) is 1.32. The average molecular weight is 384 g/mol. The molecule has 0 radical (unpaired) electrons. The second-order valence-corrected chi connectivity index (χ2v) is 9.49. The van der Waals surface area contributed by atoms with E-state index in [0.717, 1.165) is 36.8 Å².